The summed E-state index contributed by atoms with van der Waals surface area (Å²) in [6, 6.07) is -0.143. The molecule has 0 aliphatic carbocycles. The van der Waals surface area contributed by atoms with E-state index in [9.17, 15) is 9.59 Å². The average Bonchev–Trinajstić information content (AvgIpc) is 2.75. The second kappa shape index (κ2) is 5.08. The maximum atomic E-state index is 12.1. The molecule has 0 aromatic heterocycles. The van der Waals surface area contributed by atoms with E-state index < -0.39 is 0 Å². The topological polar surface area (TPSA) is 40.6 Å². The zero-order valence-corrected chi connectivity index (χ0v) is 10.5. The van der Waals surface area contributed by atoms with Crippen molar-refractivity contribution in [2.24, 2.45) is 0 Å². The summed E-state index contributed by atoms with van der Waals surface area (Å²) < 4.78 is 0. The van der Waals surface area contributed by atoms with Gasteiger partial charge >= 0.3 is 0 Å². The number of hydrogen-bond donors (Lipinski definition) is 0. The summed E-state index contributed by atoms with van der Waals surface area (Å²) in [4.78, 5) is 27.4. The second-order valence-corrected chi connectivity index (χ2v) is 5.34. The van der Waals surface area contributed by atoms with E-state index >= 15 is 0 Å². The van der Waals surface area contributed by atoms with E-state index in [0.29, 0.717) is 6.54 Å². The molecule has 2 fully saturated rings. The molecule has 0 aromatic rings. The van der Waals surface area contributed by atoms with Crippen LogP contribution in [0.3, 0.4) is 0 Å². The van der Waals surface area contributed by atoms with Crippen molar-refractivity contribution in [3.8, 4) is 0 Å². The second-order valence-electron chi connectivity index (χ2n) is 4.35. The number of carbonyl (C=O) groups is 2. The first-order chi connectivity index (χ1) is 7.74. The van der Waals surface area contributed by atoms with Crippen LogP contribution in [0.5, 0.6) is 0 Å². The number of thioether (sulfide) groups is 1. The number of rotatable bonds is 4. The predicted octanol–water partition coefficient (Wildman–Crippen LogP) is 0.573. The van der Waals surface area contributed by atoms with E-state index in [0.717, 1.165) is 38.1 Å². The number of nitrogens with zero attached hydrogens (tertiary/aromatic N) is 2. The molecule has 0 aromatic carbocycles. The molecule has 16 heavy (non-hydrogen) atoms. The number of amides is 2. The van der Waals surface area contributed by atoms with E-state index in [1.807, 2.05) is 0 Å². The number of hydrogen-bond acceptors (Lipinski definition) is 3. The minimum absolute atomic E-state index is 0.131. The molecule has 0 bridgehead atoms. The van der Waals surface area contributed by atoms with E-state index in [-0.39, 0.29) is 17.9 Å². The third-order valence-corrected chi connectivity index (χ3v) is 3.97. The van der Waals surface area contributed by atoms with Crippen LogP contribution in [0.1, 0.15) is 19.3 Å². The molecule has 1 unspecified atom stereocenters. The Labute approximate surface area is 100 Å². The van der Waals surface area contributed by atoms with Crippen molar-refractivity contribution in [1.29, 1.82) is 0 Å². The molecule has 90 valence electrons. The normalized spacial score (nSPS) is 25.2. The molecule has 0 N–H and O–H groups in total. The largest absolute Gasteiger partial charge is 0.332 e. The zero-order chi connectivity index (χ0) is 11.5. The molecule has 2 heterocycles. The van der Waals surface area contributed by atoms with Crippen molar-refractivity contribution < 1.29 is 9.59 Å². The molecule has 4 nitrogen and oxygen atoms in total. The van der Waals surface area contributed by atoms with Gasteiger partial charge in [0.15, 0.2) is 0 Å². The van der Waals surface area contributed by atoms with E-state index in [4.69, 9.17) is 0 Å². The summed E-state index contributed by atoms with van der Waals surface area (Å²) in [5.74, 6) is 1.34. The Morgan fingerprint density at radius 3 is 3.00 bits per heavy atom. The van der Waals surface area contributed by atoms with Crippen LogP contribution in [0.15, 0.2) is 0 Å². The Bertz CT molecular complexity index is 296. The predicted molar refractivity (Wildman–Crippen MR) is 64.3 cm³/mol. The maximum Gasteiger partial charge on any atom is 0.245 e. The summed E-state index contributed by atoms with van der Waals surface area (Å²) in [5, 5.41) is 0. The SMILES string of the molecule is CSCCCN1CC(=O)N2CCCC2C1=O. The van der Waals surface area contributed by atoms with Crippen LogP contribution >= 0.6 is 11.8 Å². The van der Waals surface area contributed by atoms with E-state index in [2.05, 4.69) is 6.26 Å². The van der Waals surface area contributed by atoms with Crippen molar-refractivity contribution in [3.63, 3.8) is 0 Å². The van der Waals surface area contributed by atoms with Crippen molar-refractivity contribution >= 4 is 23.6 Å². The molecule has 5 heteroatoms. The maximum absolute atomic E-state index is 12.1. The van der Waals surface area contributed by atoms with Crippen LogP contribution < -0.4 is 0 Å². The summed E-state index contributed by atoms with van der Waals surface area (Å²) in [5.41, 5.74) is 0. The molecular weight excluding hydrogens is 224 g/mol. The molecule has 2 saturated heterocycles. The van der Waals surface area contributed by atoms with Gasteiger partial charge in [-0.1, -0.05) is 0 Å². The summed E-state index contributed by atoms with van der Waals surface area (Å²) in [7, 11) is 0. The van der Waals surface area contributed by atoms with Crippen molar-refractivity contribution in [2.75, 3.05) is 31.6 Å². The molecular formula is C11H18N2O2S. The molecule has 0 radical (unpaired) electrons. The van der Waals surface area contributed by atoms with Gasteiger partial charge in [0.1, 0.15) is 6.04 Å². The standard InChI is InChI=1S/C11H18N2O2S/c1-16-7-3-5-12-8-10(14)13-6-2-4-9(13)11(12)15/h9H,2-8H2,1H3. The van der Waals surface area contributed by atoms with Gasteiger partial charge in [-0.3, -0.25) is 9.59 Å². The third-order valence-electron chi connectivity index (χ3n) is 3.27. The molecule has 2 rings (SSSR count). The van der Waals surface area contributed by atoms with E-state index in [1.54, 1.807) is 21.6 Å². The van der Waals surface area contributed by atoms with Crippen LogP contribution in [0.2, 0.25) is 0 Å². The first kappa shape index (κ1) is 11.8. The smallest absolute Gasteiger partial charge is 0.245 e. The summed E-state index contributed by atoms with van der Waals surface area (Å²) in [6.45, 7) is 1.80. The van der Waals surface area contributed by atoms with Crippen LogP contribution in [-0.2, 0) is 9.59 Å². The molecule has 2 aliphatic heterocycles. The fraction of sp³-hybridized carbons (Fsp3) is 0.818. The van der Waals surface area contributed by atoms with Crippen molar-refractivity contribution in [3.05, 3.63) is 0 Å². The first-order valence-electron chi connectivity index (χ1n) is 5.81. The van der Waals surface area contributed by atoms with Gasteiger partial charge in [-0.15, -0.1) is 0 Å². The summed E-state index contributed by atoms with van der Waals surface area (Å²) in [6.07, 6.45) is 4.86. The first-order valence-corrected chi connectivity index (χ1v) is 7.20. The lowest BCUT2D eigenvalue weighted by Crippen LogP contribution is -2.57. The molecule has 0 saturated carbocycles. The van der Waals surface area contributed by atoms with Gasteiger partial charge in [-0.05, 0) is 31.3 Å². The Morgan fingerprint density at radius 1 is 1.44 bits per heavy atom. The lowest BCUT2D eigenvalue weighted by molar-refractivity contribution is -0.153. The number of piperazine rings is 1. The molecule has 2 aliphatic rings. The monoisotopic (exact) mass is 242 g/mol. The van der Waals surface area contributed by atoms with Crippen molar-refractivity contribution in [2.45, 2.75) is 25.3 Å². The Hall–Kier alpha value is -0.710. The minimum atomic E-state index is -0.143. The van der Waals surface area contributed by atoms with Gasteiger partial charge in [0, 0.05) is 13.1 Å². The lowest BCUT2D eigenvalue weighted by atomic mass is 10.1. The quantitative estimate of drug-likeness (QED) is 0.677. The van der Waals surface area contributed by atoms with Gasteiger partial charge < -0.3 is 9.80 Å². The average molecular weight is 242 g/mol. The molecule has 1 atom stereocenters. The van der Waals surface area contributed by atoms with Gasteiger partial charge in [0.25, 0.3) is 0 Å². The van der Waals surface area contributed by atoms with Gasteiger partial charge in [-0.25, -0.2) is 0 Å². The fourth-order valence-corrected chi connectivity index (χ4v) is 2.87. The third kappa shape index (κ3) is 2.19. The lowest BCUT2D eigenvalue weighted by Gasteiger charge is -2.36. The van der Waals surface area contributed by atoms with Crippen LogP contribution in [0, 0.1) is 0 Å². The van der Waals surface area contributed by atoms with Gasteiger partial charge in [-0.2, -0.15) is 11.8 Å². The van der Waals surface area contributed by atoms with Crippen LogP contribution in [0.4, 0.5) is 0 Å². The van der Waals surface area contributed by atoms with Gasteiger partial charge in [0.05, 0.1) is 6.54 Å². The van der Waals surface area contributed by atoms with E-state index in [1.165, 1.54) is 0 Å². The Morgan fingerprint density at radius 2 is 2.25 bits per heavy atom. The summed E-state index contributed by atoms with van der Waals surface area (Å²) >= 11 is 1.78. The number of carbonyl (C=O) groups excluding carboxylic acids is 2. The van der Waals surface area contributed by atoms with Crippen molar-refractivity contribution in [1.82, 2.24) is 9.80 Å². The zero-order valence-electron chi connectivity index (χ0n) is 9.65. The highest BCUT2D eigenvalue weighted by Gasteiger charge is 2.41. The Kier molecular flexibility index (Phi) is 3.74. The Balaban J connectivity index is 1.94. The fourth-order valence-electron chi connectivity index (χ4n) is 2.45. The number of fused-ring (bicyclic) bond motifs is 1. The molecule has 0 spiro atoms. The minimum Gasteiger partial charge on any atom is -0.332 e. The van der Waals surface area contributed by atoms with Crippen LogP contribution in [-0.4, -0.2) is 59.3 Å². The van der Waals surface area contributed by atoms with Crippen LogP contribution in [0.25, 0.3) is 0 Å². The molecule has 2 amide bonds. The highest BCUT2D eigenvalue weighted by Crippen LogP contribution is 2.23. The highest BCUT2D eigenvalue weighted by molar-refractivity contribution is 7.98. The highest BCUT2D eigenvalue weighted by atomic mass is 32.2. The van der Waals surface area contributed by atoms with Gasteiger partial charge in [0.2, 0.25) is 11.8 Å².